The normalized spacial score (nSPS) is 23.4. The molecule has 0 saturated carbocycles. The van der Waals surface area contributed by atoms with Crippen LogP contribution in [0.5, 0.6) is 0 Å². The van der Waals surface area contributed by atoms with Gasteiger partial charge in [0.2, 0.25) is 11.8 Å². The summed E-state index contributed by atoms with van der Waals surface area (Å²) in [6.07, 6.45) is 0.489. The molecule has 1 aromatic heterocycles. The van der Waals surface area contributed by atoms with Crippen molar-refractivity contribution in [2.45, 2.75) is 18.3 Å². The van der Waals surface area contributed by atoms with Gasteiger partial charge in [-0.15, -0.1) is 0 Å². The quantitative estimate of drug-likeness (QED) is 0.394. The molecule has 2 heterocycles. The minimum atomic E-state index is -0.701. The van der Waals surface area contributed by atoms with Gasteiger partial charge in [-0.05, 0) is 29.7 Å². The Hall–Kier alpha value is -3.19. The molecule has 0 bridgehead atoms. The van der Waals surface area contributed by atoms with Crippen LogP contribution in [0.25, 0.3) is 10.9 Å². The number of nitro groups is 1. The van der Waals surface area contributed by atoms with Gasteiger partial charge in [-0.25, -0.2) is 0 Å². The van der Waals surface area contributed by atoms with Crippen molar-refractivity contribution >= 4 is 40.0 Å². The number of non-ortho nitro benzene ring substituents is 1. The molecule has 5 rings (SSSR count). The second kappa shape index (κ2) is 5.90. The Labute approximate surface area is 163 Å². The van der Waals surface area contributed by atoms with Crippen LogP contribution in [0.4, 0.5) is 5.69 Å². The maximum absolute atomic E-state index is 12.7. The number of nitro benzene ring substituents is 1. The zero-order chi connectivity index (χ0) is 19.6. The molecule has 8 heteroatoms. The summed E-state index contributed by atoms with van der Waals surface area (Å²) in [6, 6.07) is 11.8. The fraction of sp³-hybridized carbons (Fsp3) is 0.200. The number of aromatic amines is 1. The van der Waals surface area contributed by atoms with E-state index in [1.54, 1.807) is 12.1 Å². The number of H-pyrrole nitrogens is 1. The summed E-state index contributed by atoms with van der Waals surface area (Å²) in [5, 5.41) is 14.8. The number of hydrogen-bond acceptors (Lipinski definition) is 4. The molecule has 140 valence electrons. The van der Waals surface area contributed by atoms with Crippen molar-refractivity contribution < 1.29 is 14.5 Å². The number of nitrogens with zero attached hydrogens (tertiary/aromatic N) is 1. The van der Waals surface area contributed by atoms with E-state index in [-0.39, 0.29) is 23.4 Å². The van der Waals surface area contributed by atoms with Gasteiger partial charge >= 0.3 is 0 Å². The van der Waals surface area contributed by atoms with Crippen molar-refractivity contribution in [1.82, 2.24) is 10.3 Å². The third kappa shape index (κ3) is 2.29. The van der Waals surface area contributed by atoms with E-state index < -0.39 is 16.8 Å². The van der Waals surface area contributed by atoms with Crippen LogP contribution in [0.3, 0.4) is 0 Å². The summed E-state index contributed by atoms with van der Waals surface area (Å²) in [5.74, 6) is -2.27. The van der Waals surface area contributed by atoms with Gasteiger partial charge in [-0.2, -0.15) is 0 Å². The fourth-order valence-corrected chi connectivity index (χ4v) is 4.91. The lowest BCUT2D eigenvalue weighted by Crippen LogP contribution is -2.31. The molecule has 2 aromatic carbocycles. The molecule has 1 saturated heterocycles. The maximum atomic E-state index is 12.7. The predicted molar refractivity (Wildman–Crippen MR) is 102 cm³/mol. The predicted octanol–water partition coefficient (Wildman–Crippen LogP) is 3.43. The highest BCUT2D eigenvalue weighted by Crippen LogP contribution is 2.50. The average molecular weight is 396 g/mol. The molecule has 3 aromatic rings. The lowest BCUT2D eigenvalue weighted by molar-refractivity contribution is -0.384. The molecule has 3 atom stereocenters. The summed E-state index contributed by atoms with van der Waals surface area (Å²) in [7, 11) is 0. The fourth-order valence-electron chi connectivity index (χ4n) is 4.64. The molecule has 2 N–H and O–H groups in total. The van der Waals surface area contributed by atoms with Crippen LogP contribution < -0.4 is 5.32 Å². The van der Waals surface area contributed by atoms with Crippen molar-refractivity contribution in [3.63, 3.8) is 0 Å². The monoisotopic (exact) mass is 395 g/mol. The van der Waals surface area contributed by atoms with Crippen LogP contribution in [0.2, 0.25) is 5.02 Å². The minimum absolute atomic E-state index is 0.0520. The first-order chi connectivity index (χ1) is 13.5. The average Bonchev–Trinajstić information content (AvgIpc) is 3.17. The van der Waals surface area contributed by atoms with Crippen molar-refractivity contribution in [1.29, 1.82) is 0 Å². The highest BCUT2D eigenvalue weighted by Gasteiger charge is 2.52. The zero-order valence-electron chi connectivity index (χ0n) is 14.4. The van der Waals surface area contributed by atoms with E-state index in [4.69, 9.17) is 11.6 Å². The first-order valence-corrected chi connectivity index (χ1v) is 9.21. The Balaban J connectivity index is 1.75. The summed E-state index contributed by atoms with van der Waals surface area (Å²) < 4.78 is 0. The molecule has 7 nitrogen and oxygen atoms in total. The van der Waals surface area contributed by atoms with E-state index in [0.717, 1.165) is 11.3 Å². The Morgan fingerprint density at radius 2 is 1.89 bits per heavy atom. The number of benzene rings is 2. The molecule has 1 fully saturated rings. The maximum Gasteiger partial charge on any atom is 0.270 e. The number of carbonyl (C=O) groups excluding carboxylic acids is 2. The first kappa shape index (κ1) is 16.9. The van der Waals surface area contributed by atoms with Crippen LogP contribution >= 0.6 is 11.6 Å². The van der Waals surface area contributed by atoms with Crippen LogP contribution in [-0.4, -0.2) is 21.7 Å². The molecule has 0 spiro atoms. The van der Waals surface area contributed by atoms with Gasteiger partial charge in [0.15, 0.2) is 0 Å². The highest BCUT2D eigenvalue weighted by molar-refractivity contribution is 6.31. The third-order valence-corrected chi connectivity index (χ3v) is 6.12. The largest absolute Gasteiger partial charge is 0.358 e. The Morgan fingerprint density at radius 1 is 1.11 bits per heavy atom. The molecule has 1 aliphatic heterocycles. The van der Waals surface area contributed by atoms with E-state index >= 15 is 0 Å². The molecule has 0 radical (unpaired) electrons. The lowest BCUT2D eigenvalue weighted by atomic mass is 9.69. The number of halogens is 1. The van der Waals surface area contributed by atoms with Gasteiger partial charge < -0.3 is 4.98 Å². The number of rotatable bonds is 2. The molecule has 3 unspecified atom stereocenters. The van der Waals surface area contributed by atoms with Gasteiger partial charge in [0.25, 0.3) is 5.69 Å². The third-order valence-electron chi connectivity index (χ3n) is 5.78. The van der Waals surface area contributed by atoms with Gasteiger partial charge in [-0.1, -0.05) is 29.8 Å². The Morgan fingerprint density at radius 3 is 2.64 bits per heavy atom. The number of fused-ring (bicyclic) bond motifs is 5. The van der Waals surface area contributed by atoms with Gasteiger partial charge in [-0.3, -0.25) is 25.0 Å². The molecular weight excluding hydrogens is 382 g/mol. The van der Waals surface area contributed by atoms with Gasteiger partial charge in [0.1, 0.15) is 0 Å². The van der Waals surface area contributed by atoms with Crippen molar-refractivity contribution in [2.24, 2.45) is 5.92 Å². The minimum Gasteiger partial charge on any atom is -0.358 e. The van der Waals surface area contributed by atoms with E-state index in [1.807, 2.05) is 18.2 Å². The van der Waals surface area contributed by atoms with Gasteiger partial charge in [0.05, 0.1) is 16.8 Å². The summed E-state index contributed by atoms with van der Waals surface area (Å²) in [5.41, 5.74) is 2.96. The highest BCUT2D eigenvalue weighted by atomic mass is 35.5. The second-order valence-electron chi connectivity index (χ2n) is 7.19. The number of nitrogens with one attached hydrogen (secondary N) is 2. The smallest absolute Gasteiger partial charge is 0.270 e. The number of aromatic nitrogens is 1. The van der Waals surface area contributed by atoms with Crippen molar-refractivity contribution in [3.05, 3.63) is 74.4 Å². The first-order valence-electron chi connectivity index (χ1n) is 8.83. The lowest BCUT2D eigenvalue weighted by Gasteiger charge is -2.31. The van der Waals surface area contributed by atoms with E-state index in [2.05, 4.69) is 10.3 Å². The van der Waals surface area contributed by atoms with Crippen LogP contribution in [0.1, 0.15) is 28.7 Å². The molecule has 1 aliphatic carbocycles. The molecule has 28 heavy (non-hydrogen) atoms. The SMILES string of the molecule is O=C1NC(=O)C2C(c3ccccc3Cl)Cc3[nH]c4ccc([N+](=O)[O-])cc4c3C12. The standard InChI is InChI=1S/C20H14ClN3O4/c21-13-4-2-1-3-10(13)11-8-15-16(18-17(11)19(25)23-20(18)26)12-7-9(24(27)28)5-6-14(12)22-15/h1-7,11,17-18,22H,8H2,(H,23,25,26). The van der Waals surface area contributed by atoms with Crippen LogP contribution in [0.15, 0.2) is 42.5 Å². The Kier molecular flexibility index (Phi) is 3.57. The summed E-state index contributed by atoms with van der Waals surface area (Å²) >= 11 is 6.39. The van der Waals surface area contributed by atoms with E-state index in [0.29, 0.717) is 27.9 Å². The van der Waals surface area contributed by atoms with Gasteiger partial charge in [0, 0.05) is 39.7 Å². The van der Waals surface area contributed by atoms with E-state index in [9.17, 15) is 19.7 Å². The summed E-state index contributed by atoms with van der Waals surface area (Å²) in [6.45, 7) is 0. The van der Waals surface area contributed by atoms with Crippen molar-refractivity contribution in [2.75, 3.05) is 0 Å². The second-order valence-corrected chi connectivity index (χ2v) is 7.60. The van der Waals surface area contributed by atoms with E-state index in [1.165, 1.54) is 12.1 Å². The topological polar surface area (TPSA) is 105 Å². The number of imide groups is 1. The van der Waals surface area contributed by atoms with Crippen LogP contribution in [-0.2, 0) is 16.0 Å². The van der Waals surface area contributed by atoms with Crippen LogP contribution in [0, 0.1) is 16.0 Å². The summed E-state index contributed by atoms with van der Waals surface area (Å²) in [4.78, 5) is 39.4. The van der Waals surface area contributed by atoms with Crippen molar-refractivity contribution in [3.8, 4) is 0 Å². The number of amides is 2. The molecular formula is C20H14ClN3O4. The zero-order valence-corrected chi connectivity index (χ0v) is 15.2. The molecule has 2 aliphatic rings. The number of carbonyl (C=O) groups is 2. The Bertz CT molecular complexity index is 1190. The number of hydrogen-bond donors (Lipinski definition) is 2. The molecule has 2 amide bonds.